The predicted molar refractivity (Wildman–Crippen MR) is 53.7 cm³/mol. The van der Waals surface area contributed by atoms with Crippen LogP contribution in [0.5, 0.6) is 0 Å². The normalized spacial score (nSPS) is 10.2. The van der Waals surface area contributed by atoms with E-state index in [4.69, 9.17) is 9.78 Å². The van der Waals surface area contributed by atoms with E-state index in [-0.39, 0.29) is 0 Å². The van der Waals surface area contributed by atoms with Gasteiger partial charge in [-0.1, -0.05) is 39.0 Å². The lowest BCUT2D eigenvalue weighted by Gasteiger charge is -1.96. The van der Waals surface area contributed by atoms with Crippen LogP contribution in [0.1, 0.15) is 33.6 Å². The zero-order valence-electron chi connectivity index (χ0n) is 8.67. The van der Waals surface area contributed by atoms with Crippen LogP contribution in [-0.4, -0.2) is 6.61 Å². The Morgan fingerprint density at radius 3 is 2.77 bits per heavy atom. The maximum absolute atomic E-state index is 4.83. The van der Waals surface area contributed by atoms with E-state index >= 15 is 0 Å². The molecule has 2 nitrogen and oxygen atoms in total. The van der Waals surface area contributed by atoms with Crippen LogP contribution < -0.4 is 0 Å². The van der Waals surface area contributed by atoms with Crippen molar-refractivity contribution in [1.82, 2.24) is 0 Å². The van der Waals surface area contributed by atoms with E-state index in [1.165, 1.54) is 6.26 Å². The van der Waals surface area contributed by atoms with Crippen LogP contribution in [0.2, 0.25) is 0 Å². The Hall–Kier alpha value is -0.940. The highest BCUT2D eigenvalue weighted by Gasteiger charge is 1.82. The van der Waals surface area contributed by atoms with Crippen molar-refractivity contribution in [3.8, 4) is 11.8 Å². The molecule has 0 aromatic rings. The molecule has 13 heavy (non-hydrogen) atoms. The summed E-state index contributed by atoms with van der Waals surface area (Å²) in [5, 5.41) is 0. The standard InChI is InChI=1S/C11H18O2/c1-4-5-9-12-13-10-7-6-8-11(2)3/h7,10-11H,4-5,9H2,1-3H3. The molecule has 0 aromatic heterocycles. The first-order valence-corrected chi connectivity index (χ1v) is 4.71. The van der Waals surface area contributed by atoms with Crippen molar-refractivity contribution < 1.29 is 9.78 Å². The Labute approximate surface area is 80.9 Å². The van der Waals surface area contributed by atoms with Crippen molar-refractivity contribution in [2.75, 3.05) is 6.61 Å². The number of allylic oxidation sites excluding steroid dienone is 1. The Morgan fingerprint density at radius 1 is 1.38 bits per heavy atom. The van der Waals surface area contributed by atoms with Gasteiger partial charge in [-0.25, -0.2) is 0 Å². The Bertz CT molecular complexity index is 184. The van der Waals surface area contributed by atoms with Crippen molar-refractivity contribution in [2.45, 2.75) is 33.6 Å². The van der Waals surface area contributed by atoms with Gasteiger partial charge < -0.3 is 4.89 Å². The largest absolute Gasteiger partial charge is 0.345 e. The monoisotopic (exact) mass is 182 g/mol. The molecule has 0 aliphatic heterocycles. The van der Waals surface area contributed by atoms with Gasteiger partial charge in [0.25, 0.3) is 0 Å². The van der Waals surface area contributed by atoms with Crippen LogP contribution >= 0.6 is 0 Å². The fourth-order valence-corrected chi connectivity index (χ4v) is 0.567. The summed E-state index contributed by atoms with van der Waals surface area (Å²) in [6.07, 6.45) is 5.24. The van der Waals surface area contributed by atoms with Gasteiger partial charge in [-0.2, -0.15) is 4.89 Å². The molecule has 0 atom stereocenters. The molecule has 0 aliphatic carbocycles. The molecule has 0 rings (SSSR count). The Morgan fingerprint density at radius 2 is 2.15 bits per heavy atom. The lowest BCUT2D eigenvalue weighted by Crippen LogP contribution is -1.90. The van der Waals surface area contributed by atoms with Crippen LogP contribution in [0.4, 0.5) is 0 Å². The van der Waals surface area contributed by atoms with E-state index < -0.39 is 0 Å². The molecular weight excluding hydrogens is 164 g/mol. The summed E-state index contributed by atoms with van der Waals surface area (Å²) in [6, 6.07) is 0. The van der Waals surface area contributed by atoms with Crippen molar-refractivity contribution in [1.29, 1.82) is 0 Å². The van der Waals surface area contributed by atoms with Gasteiger partial charge in [0.1, 0.15) is 6.26 Å². The average molecular weight is 182 g/mol. The first-order chi connectivity index (χ1) is 6.27. The summed E-state index contributed by atoms with van der Waals surface area (Å²) in [5.74, 6) is 6.21. The van der Waals surface area contributed by atoms with Crippen LogP contribution in [0.3, 0.4) is 0 Å². The van der Waals surface area contributed by atoms with E-state index in [0.29, 0.717) is 12.5 Å². The molecule has 74 valence electrons. The lowest BCUT2D eigenvalue weighted by molar-refractivity contribution is -0.248. The highest BCUT2D eigenvalue weighted by molar-refractivity contribution is 5.14. The van der Waals surface area contributed by atoms with Gasteiger partial charge in [0.15, 0.2) is 0 Å². The summed E-state index contributed by atoms with van der Waals surface area (Å²) >= 11 is 0. The molecule has 2 heteroatoms. The molecule has 0 saturated carbocycles. The van der Waals surface area contributed by atoms with Gasteiger partial charge in [-0.15, -0.1) is 0 Å². The molecule has 0 radical (unpaired) electrons. The minimum absolute atomic E-state index is 0.394. The smallest absolute Gasteiger partial charge is 0.137 e. The summed E-state index contributed by atoms with van der Waals surface area (Å²) in [6.45, 7) is 6.82. The third-order valence-corrected chi connectivity index (χ3v) is 1.23. The minimum atomic E-state index is 0.394. The van der Waals surface area contributed by atoms with E-state index in [1.807, 2.05) is 13.8 Å². The van der Waals surface area contributed by atoms with Crippen LogP contribution in [0, 0.1) is 17.8 Å². The van der Waals surface area contributed by atoms with Crippen molar-refractivity contribution in [3.05, 3.63) is 12.3 Å². The van der Waals surface area contributed by atoms with Crippen LogP contribution in [0.25, 0.3) is 0 Å². The van der Waals surface area contributed by atoms with Gasteiger partial charge in [-0.05, 0) is 6.42 Å². The second-order valence-electron chi connectivity index (χ2n) is 3.02. The van der Waals surface area contributed by atoms with Gasteiger partial charge in [0.05, 0.1) is 6.61 Å². The predicted octanol–water partition coefficient (Wildman–Crippen LogP) is 2.91. The summed E-state index contributed by atoms with van der Waals surface area (Å²) in [4.78, 5) is 9.56. The molecule has 0 N–H and O–H groups in total. The molecule has 0 saturated heterocycles. The molecule has 0 heterocycles. The SMILES string of the molecule is CCCCOOC=CC#CC(C)C. The van der Waals surface area contributed by atoms with Gasteiger partial charge in [0.2, 0.25) is 0 Å². The van der Waals surface area contributed by atoms with E-state index in [2.05, 4.69) is 18.8 Å². The zero-order chi connectivity index (χ0) is 9.94. The molecule has 0 bridgehead atoms. The number of hydrogen-bond donors (Lipinski definition) is 0. The Kier molecular flexibility index (Phi) is 8.49. The molecule has 0 unspecified atom stereocenters. The summed E-state index contributed by atoms with van der Waals surface area (Å²) in [5.41, 5.74) is 0. The summed E-state index contributed by atoms with van der Waals surface area (Å²) < 4.78 is 0. The highest BCUT2D eigenvalue weighted by atomic mass is 17.2. The average Bonchev–Trinajstić information content (AvgIpc) is 2.09. The number of hydrogen-bond acceptors (Lipinski definition) is 2. The minimum Gasteiger partial charge on any atom is -0.345 e. The van der Waals surface area contributed by atoms with E-state index in [0.717, 1.165) is 12.8 Å². The molecule has 0 fully saturated rings. The number of unbranched alkanes of at least 4 members (excludes halogenated alkanes) is 1. The molecule has 0 aromatic carbocycles. The quantitative estimate of drug-likeness (QED) is 0.214. The second kappa shape index (κ2) is 9.15. The van der Waals surface area contributed by atoms with Crippen molar-refractivity contribution in [2.24, 2.45) is 5.92 Å². The fraction of sp³-hybridized carbons (Fsp3) is 0.636. The number of rotatable bonds is 5. The van der Waals surface area contributed by atoms with Crippen LogP contribution in [-0.2, 0) is 9.78 Å². The van der Waals surface area contributed by atoms with E-state index in [9.17, 15) is 0 Å². The molecule has 0 amide bonds. The van der Waals surface area contributed by atoms with E-state index in [1.54, 1.807) is 6.08 Å². The van der Waals surface area contributed by atoms with Crippen molar-refractivity contribution >= 4 is 0 Å². The molecular formula is C11H18O2. The van der Waals surface area contributed by atoms with Gasteiger partial charge in [-0.3, -0.25) is 0 Å². The maximum Gasteiger partial charge on any atom is 0.137 e. The molecule has 0 spiro atoms. The highest BCUT2D eigenvalue weighted by Crippen LogP contribution is 1.89. The first-order valence-electron chi connectivity index (χ1n) is 4.71. The van der Waals surface area contributed by atoms with Gasteiger partial charge >= 0.3 is 0 Å². The third kappa shape index (κ3) is 11.1. The first kappa shape index (κ1) is 12.1. The van der Waals surface area contributed by atoms with Crippen LogP contribution in [0.15, 0.2) is 12.3 Å². The molecule has 0 aliphatic rings. The Balaban J connectivity index is 3.28. The second-order valence-corrected chi connectivity index (χ2v) is 3.02. The zero-order valence-corrected chi connectivity index (χ0v) is 8.67. The van der Waals surface area contributed by atoms with Crippen molar-refractivity contribution in [3.63, 3.8) is 0 Å². The maximum atomic E-state index is 4.83. The summed E-state index contributed by atoms with van der Waals surface area (Å²) in [7, 11) is 0. The topological polar surface area (TPSA) is 18.5 Å². The fourth-order valence-electron chi connectivity index (χ4n) is 0.567. The lowest BCUT2D eigenvalue weighted by atomic mass is 10.2. The third-order valence-electron chi connectivity index (χ3n) is 1.23. The van der Waals surface area contributed by atoms with Gasteiger partial charge in [0, 0.05) is 12.0 Å².